The summed E-state index contributed by atoms with van der Waals surface area (Å²) in [5.41, 5.74) is -2.74. The Balaban J connectivity index is 1.35. The highest BCUT2D eigenvalue weighted by atomic mass is 35.5. The van der Waals surface area contributed by atoms with Crippen LogP contribution in [0.5, 0.6) is 5.75 Å². The molecule has 2 fully saturated rings. The van der Waals surface area contributed by atoms with Gasteiger partial charge < -0.3 is 24.5 Å². The van der Waals surface area contributed by atoms with Gasteiger partial charge in [0.15, 0.2) is 0 Å². The predicted octanol–water partition coefficient (Wildman–Crippen LogP) is 4.96. The molecule has 1 unspecified atom stereocenters. The minimum atomic E-state index is -5.21. The monoisotopic (exact) mass is 581 g/mol. The molecule has 0 aromatic heterocycles. The molecule has 1 saturated carbocycles. The SMILES string of the molecule is COc1cccc(C(O)(C(=O)N(C)CC[C@H]2CC23CCN(c2ccc(C(=O)N(C)C)c(Cl)c2)CC3)C(F)(F)F)c1. The van der Waals surface area contributed by atoms with Gasteiger partial charge in [-0.3, -0.25) is 9.59 Å². The first-order valence-electron chi connectivity index (χ1n) is 13.2. The van der Waals surface area contributed by atoms with E-state index in [2.05, 4.69) is 4.90 Å². The van der Waals surface area contributed by atoms with Gasteiger partial charge in [-0.15, -0.1) is 0 Å². The number of carbonyl (C=O) groups is 2. The van der Waals surface area contributed by atoms with E-state index in [0.29, 0.717) is 22.9 Å². The van der Waals surface area contributed by atoms with E-state index in [9.17, 15) is 27.9 Å². The third-order valence-corrected chi connectivity index (χ3v) is 8.75. The number of hydrogen-bond donors (Lipinski definition) is 1. The zero-order chi connectivity index (χ0) is 29.5. The maximum absolute atomic E-state index is 14.1. The average Bonchev–Trinajstić information content (AvgIpc) is 3.60. The van der Waals surface area contributed by atoms with Gasteiger partial charge in [-0.1, -0.05) is 23.7 Å². The van der Waals surface area contributed by atoms with Crippen molar-refractivity contribution in [3.63, 3.8) is 0 Å². The van der Waals surface area contributed by atoms with Crippen molar-refractivity contribution >= 4 is 29.1 Å². The molecule has 2 aromatic rings. The molecule has 2 atom stereocenters. The zero-order valence-electron chi connectivity index (χ0n) is 23.1. The van der Waals surface area contributed by atoms with Crippen molar-refractivity contribution in [2.24, 2.45) is 11.3 Å². The Morgan fingerprint density at radius 2 is 1.80 bits per heavy atom. The first-order chi connectivity index (χ1) is 18.7. The molecule has 40 heavy (non-hydrogen) atoms. The smallest absolute Gasteiger partial charge is 0.430 e. The van der Waals surface area contributed by atoms with Gasteiger partial charge in [-0.2, -0.15) is 13.2 Å². The highest BCUT2D eigenvalue weighted by Crippen LogP contribution is 2.61. The van der Waals surface area contributed by atoms with Crippen LogP contribution in [0.3, 0.4) is 0 Å². The lowest BCUT2D eigenvalue weighted by molar-refractivity contribution is -0.261. The molecule has 2 amide bonds. The van der Waals surface area contributed by atoms with Crippen LogP contribution in [0.1, 0.15) is 41.6 Å². The summed E-state index contributed by atoms with van der Waals surface area (Å²) in [5.74, 6) is -1.16. The third kappa shape index (κ3) is 5.61. The lowest BCUT2D eigenvalue weighted by atomic mass is 9.89. The number of amides is 2. The van der Waals surface area contributed by atoms with E-state index in [1.165, 1.54) is 31.2 Å². The molecule has 2 aromatic carbocycles. The molecule has 1 aliphatic carbocycles. The minimum Gasteiger partial charge on any atom is -0.497 e. The van der Waals surface area contributed by atoms with E-state index in [1.54, 1.807) is 20.2 Å². The van der Waals surface area contributed by atoms with Crippen molar-refractivity contribution < 1.29 is 32.6 Å². The lowest BCUT2D eigenvalue weighted by Gasteiger charge is -2.35. The Kier molecular flexibility index (Phi) is 8.34. The zero-order valence-corrected chi connectivity index (χ0v) is 23.8. The Hall–Kier alpha value is -2.98. The molecule has 1 saturated heterocycles. The second-order valence-electron chi connectivity index (χ2n) is 11.1. The van der Waals surface area contributed by atoms with Crippen LogP contribution in [-0.4, -0.2) is 80.8 Å². The highest BCUT2D eigenvalue weighted by Gasteiger charge is 2.62. The number of rotatable bonds is 8. The molecular formula is C29H35ClF3N3O4. The maximum Gasteiger partial charge on any atom is 0.430 e. The first-order valence-corrected chi connectivity index (χ1v) is 13.6. The first kappa shape index (κ1) is 30.0. The largest absolute Gasteiger partial charge is 0.497 e. The number of ether oxygens (including phenoxy) is 1. The van der Waals surface area contributed by atoms with Crippen molar-refractivity contribution in [1.82, 2.24) is 9.80 Å². The van der Waals surface area contributed by atoms with E-state index in [4.69, 9.17) is 16.3 Å². The van der Waals surface area contributed by atoms with Crippen molar-refractivity contribution in [1.29, 1.82) is 0 Å². The summed E-state index contributed by atoms with van der Waals surface area (Å²) >= 11 is 6.39. The van der Waals surface area contributed by atoms with Crippen LogP contribution < -0.4 is 9.64 Å². The second-order valence-corrected chi connectivity index (χ2v) is 11.5. The van der Waals surface area contributed by atoms with Gasteiger partial charge in [0.2, 0.25) is 0 Å². The molecular weight excluding hydrogens is 547 g/mol. The summed E-state index contributed by atoms with van der Waals surface area (Å²) in [6, 6.07) is 10.3. The van der Waals surface area contributed by atoms with Gasteiger partial charge in [-0.05, 0) is 67.3 Å². The lowest BCUT2D eigenvalue weighted by Crippen LogP contribution is -2.55. The number of hydrogen-bond acceptors (Lipinski definition) is 5. The number of halogens is 4. The molecule has 4 rings (SSSR count). The number of carbonyl (C=O) groups excluding carboxylic acids is 2. The summed E-state index contributed by atoms with van der Waals surface area (Å²) in [6.07, 6.45) is -1.86. The Morgan fingerprint density at radius 1 is 1.12 bits per heavy atom. The number of anilines is 1. The van der Waals surface area contributed by atoms with E-state index < -0.39 is 23.2 Å². The summed E-state index contributed by atoms with van der Waals surface area (Å²) < 4.78 is 47.2. The highest BCUT2D eigenvalue weighted by molar-refractivity contribution is 6.34. The van der Waals surface area contributed by atoms with E-state index >= 15 is 0 Å². The molecule has 1 aliphatic heterocycles. The molecule has 1 spiro atoms. The number of nitrogens with zero attached hydrogens (tertiary/aromatic N) is 3. The molecule has 7 nitrogen and oxygen atoms in total. The fraction of sp³-hybridized carbons (Fsp3) is 0.517. The molecule has 1 heterocycles. The van der Waals surface area contributed by atoms with Gasteiger partial charge in [-0.25, -0.2) is 0 Å². The summed E-state index contributed by atoms with van der Waals surface area (Å²) in [4.78, 5) is 30.0. The summed E-state index contributed by atoms with van der Waals surface area (Å²) in [6.45, 7) is 1.70. The molecule has 11 heteroatoms. The number of aliphatic hydroxyl groups is 1. The van der Waals surface area contributed by atoms with Crippen LogP contribution in [0.4, 0.5) is 18.9 Å². The molecule has 1 N–H and O–H groups in total. The fourth-order valence-electron chi connectivity index (χ4n) is 5.76. The van der Waals surface area contributed by atoms with Crippen LogP contribution in [0.15, 0.2) is 42.5 Å². The van der Waals surface area contributed by atoms with E-state index in [1.807, 2.05) is 12.1 Å². The minimum absolute atomic E-state index is 0.105. The normalized spacial score (nSPS) is 19.6. The van der Waals surface area contributed by atoms with Crippen molar-refractivity contribution in [2.75, 3.05) is 52.8 Å². The fourth-order valence-corrected chi connectivity index (χ4v) is 6.02. The molecule has 0 bridgehead atoms. The van der Waals surface area contributed by atoms with Gasteiger partial charge in [0.1, 0.15) is 5.75 Å². The molecule has 218 valence electrons. The number of piperidine rings is 1. The summed E-state index contributed by atoms with van der Waals surface area (Å²) in [7, 11) is 5.95. The van der Waals surface area contributed by atoms with Crippen LogP contribution in [0, 0.1) is 11.3 Å². The van der Waals surface area contributed by atoms with E-state index in [-0.39, 0.29) is 23.6 Å². The van der Waals surface area contributed by atoms with Gasteiger partial charge in [0.25, 0.3) is 17.4 Å². The van der Waals surface area contributed by atoms with Gasteiger partial charge in [0.05, 0.1) is 17.7 Å². The van der Waals surface area contributed by atoms with E-state index in [0.717, 1.165) is 55.1 Å². The number of benzene rings is 2. The topological polar surface area (TPSA) is 73.3 Å². The third-order valence-electron chi connectivity index (χ3n) is 8.44. The second kappa shape index (κ2) is 11.1. The molecule has 2 aliphatic rings. The van der Waals surface area contributed by atoms with Crippen LogP contribution in [-0.2, 0) is 10.4 Å². The summed E-state index contributed by atoms with van der Waals surface area (Å²) in [5, 5.41) is 11.1. The van der Waals surface area contributed by atoms with Crippen LogP contribution >= 0.6 is 11.6 Å². The Bertz CT molecular complexity index is 1260. The van der Waals surface area contributed by atoms with Crippen molar-refractivity contribution in [2.45, 2.75) is 37.5 Å². The number of likely N-dealkylation sites (N-methyl/N-ethyl adjacent to an activating group) is 1. The van der Waals surface area contributed by atoms with Crippen molar-refractivity contribution in [3.05, 3.63) is 58.6 Å². The van der Waals surface area contributed by atoms with Crippen molar-refractivity contribution in [3.8, 4) is 5.75 Å². The average molecular weight is 582 g/mol. The van der Waals surface area contributed by atoms with Gasteiger partial charge in [0, 0.05) is 52.0 Å². The Labute approximate surface area is 237 Å². The van der Waals surface area contributed by atoms with Crippen LogP contribution in [0.2, 0.25) is 5.02 Å². The molecule has 0 radical (unpaired) electrons. The van der Waals surface area contributed by atoms with Gasteiger partial charge >= 0.3 is 6.18 Å². The predicted molar refractivity (Wildman–Crippen MR) is 147 cm³/mol. The Morgan fingerprint density at radius 3 is 2.38 bits per heavy atom. The standard InChI is InChI=1S/C29H35ClF3N3O4/c1-34(2)25(37)23-9-8-21(17-24(23)30)36-14-11-27(12-15-36)18-20(27)10-13-35(3)26(38)28(39,29(31,32)33)19-6-5-7-22(16-19)40-4/h5-9,16-17,20,39H,10-15,18H2,1-4H3/t20-,28?/m0/s1. The van der Waals surface area contributed by atoms with Crippen LogP contribution in [0.25, 0.3) is 0 Å². The number of methoxy groups -OCH3 is 1. The quantitative estimate of drug-likeness (QED) is 0.477. The maximum atomic E-state index is 14.1. The number of alkyl halides is 3.